The van der Waals surface area contributed by atoms with Gasteiger partial charge in [0.25, 0.3) is 0 Å². The second kappa shape index (κ2) is 6.18. The van der Waals surface area contributed by atoms with E-state index < -0.39 is 0 Å². The van der Waals surface area contributed by atoms with Crippen LogP contribution in [-0.4, -0.2) is 20.3 Å². The average molecular weight is 236 g/mol. The molecule has 0 aliphatic carbocycles. The summed E-state index contributed by atoms with van der Waals surface area (Å²) in [6.45, 7) is 9.91. The van der Waals surface area contributed by atoms with E-state index in [0.717, 1.165) is 0 Å². The van der Waals surface area contributed by atoms with Gasteiger partial charge in [-0.3, -0.25) is 0 Å². The molecule has 0 aromatic heterocycles. The maximum atomic E-state index is 5.92. The van der Waals surface area contributed by atoms with Gasteiger partial charge >= 0.3 is 0 Å². The van der Waals surface area contributed by atoms with Crippen molar-refractivity contribution < 1.29 is 9.47 Å². The standard InChI is InChI=1S/C15H24O2/c1-12(2)13-8-6-7-9-14(13)15(3,4)17-11-10-16-5/h6-9,12H,10-11H2,1-5H3. The van der Waals surface area contributed by atoms with Gasteiger partial charge in [-0.05, 0) is 30.9 Å². The van der Waals surface area contributed by atoms with Crippen molar-refractivity contribution in [1.82, 2.24) is 0 Å². The normalized spacial score (nSPS) is 12.1. The molecule has 0 spiro atoms. The molecule has 0 aliphatic rings. The summed E-state index contributed by atoms with van der Waals surface area (Å²) in [7, 11) is 1.69. The summed E-state index contributed by atoms with van der Waals surface area (Å²) in [5.41, 5.74) is 2.36. The first-order chi connectivity index (χ1) is 7.99. The molecule has 96 valence electrons. The third kappa shape index (κ3) is 3.83. The van der Waals surface area contributed by atoms with E-state index in [9.17, 15) is 0 Å². The lowest BCUT2D eigenvalue weighted by atomic mass is 9.88. The minimum absolute atomic E-state index is 0.264. The zero-order valence-corrected chi connectivity index (χ0v) is 11.6. The molecule has 0 bridgehead atoms. The summed E-state index contributed by atoms with van der Waals surface area (Å²) < 4.78 is 10.9. The number of rotatable bonds is 6. The molecule has 0 fully saturated rings. The van der Waals surface area contributed by atoms with E-state index in [1.54, 1.807) is 7.11 Å². The van der Waals surface area contributed by atoms with Crippen LogP contribution in [0.3, 0.4) is 0 Å². The first kappa shape index (κ1) is 14.2. The van der Waals surface area contributed by atoms with E-state index in [1.165, 1.54) is 11.1 Å². The fourth-order valence-corrected chi connectivity index (χ4v) is 2.01. The largest absolute Gasteiger partial charge is 0.382 e. The lowest BCUT2D eigenvalue weighted by Crippen LogP contribution is -2.25. The van der Waals surface area contributed by atoms with Crippen molar-refractivity contribution >= 4 is 0 Å². The molecular formula is C15H24O2. The highest BCUT2D eigenvalue weighted by atomic mass is 16.5. The van der Waals surface area contributed by atoms with Gasteiger partial charge < -0.3 is 9.47 Å². The highest BCUT2D eigenvalue weighted by Gasteiger charge is 2.24. The van der Waals surface area contributed by atoms with Gasteiger partial charge in [-0.25, -0.2) is 0 Å². The highest BCUT2D eigenvalue weighted by Crippen LogP contribution is 2.31. The molecule has 17 heavy (non-hydrogen) atoms. The minimum Gasteiger partial charge on any atom is -0.382 e. The molecule has 2 nitrogen and oxygen atoms in total. The van der Waals surface area contributed by atoms with E-state index in [-0.39, 0.29) is 5.60 Å². The number of hydrogen-bond donors (Lipinski definition) is 0. The van der Waals surface area contributed by atoms with Crippen molar-refractivity contribution in [2.75, 3.05) is 20.3 Å². The van der Waals surface area contributed by atoms with E-state index in [2.05, 4.69) is 52.0 Å². The van der Waals surface area contributed by atoms with E-state index >= 15 is 0 Å². The monoisotopic (exact) mass is 236 g/mol. The Hall–Kier alpha value is -0.860. The van der Waals surface area contributed by atoms with Crippen LogP contribution < -0.4 is 0 Å². The Morgan fingerprint density at radius 2 is 1.76 bits per heavy atom. The van der Waals surface area contributed by atoms with Crippen molar-refractivity contribution in [1.29, 1.82) is 0 Å². The van der Waals surface area contributed by atoms with Crippen LogP contribution in [0.25, 0.3) is 0 Å². The van der Waals surface area contributed by atoms with Crippen LogP contribution in [-0.2, 0) is 15.1 Å². The molecule has 1 aromatic rings. The van der Waals surface area contributed by atoms with Crippen LogP contribution in [0.15, 0.2) is 24.3 Å². The van der Waals surface area contributed by atoms with Crippen LogP contribution in [0.1, 0.15) is 44.7 Å². The molecular weight excluding hydrogens is 212 g/mol. The maximum absolute atomic E-state index is 5.92. The van der Waals surface area contributed by atoms with Crippen LogP contribution >= 0.6 is 0 Å². The van der Waals surface area contributed by atoms with Crippen LogP contribution in [0, 0.1) is 0 Å². The molecule has 0 unspecified atom stereocenters. The fourth-order valence-electron chi connectivity index (χ4n) is 2.01. The molecule has 1 aromatic carbocycles. The zero-order valence-electron chi connectivity index (χ0n) is 11.6. The number of benzene rings is 1. The van der Waals surface area contributed by atoms with Gasteiger partial charge in [0.1, 0.15) is 0 Å². The second-order valence-corrected chi connectivity index (χ2v) is 5.09. The predicted octanol–water partition coefficient (Wildman–Crippen LogP) is 3.71. The number of hydrogen-bond acceptors (Lipinski definition) is 2. The van der Waals surface area contributed by atoms with Gasteiger partial charge in [0, 0.05) is 7.11 Å². The van der Waals surface area contributed by atoms with Gasteiger partial charge in [0.2, 0.25) is 0 Å². The van der Waals surface area contributed by atoms with E-state index in [4.69, 9.17) is 9.47 Å². The lowest BCUT2D eigenvalue weighted by molar-refractivity contribution is -0.0437. The number of ether oxygens (including phenoxy) is 2. The summed E-state index contributed by atoms with van der Waals surface area (Å²) in [4.78, 5) is 0. The SMILES string of the molecule is COCCOC(C)(C)c1ccccc1C(C)C. The van der Waals surface area contributed by atoms with Crippen LogP contribution in [0.5, 0.6) is 0 Å². The van der Waals surface area contributed by atoms with Crippen molar-refractivity contribution in [3.8, 4) is 0 Å². The molecule has 0 amide bonds. The molecule has 1 rings (SSSR count). The van der Waals surface area contributed by atoms with Crippen LogP contribution in [0.2, 0.25) is 0 Å². The van der Waals surface area contributed by atoms with E-state index in [1.807, 2.05) is 0 Å². The van der Waals surface area contributed by atoms with Crippen molar-refractivity contribution in [3.63, 3.8) is 0 Å². The van der Waals surface area contributed by atoms with Gasteiger partial charge in [-0.15, -0.1) is 0 Å². The van der Waals surface area contributed by atoms with Crippen molar-refractivity contribution in [2.45, 2.75) is 39.2 Å². The Kier molecular flexibility index (Phi) is 5.16. The van der Waals surface area contributed by atoms with Gasteiger partial charge in [-0.2, -0.15) is 0 Å². The molecule has 0 aliphatic heterocycles. The van der Waals surface area contributed by atoms with Crippen molar-refractivity contribution in [3.05, 3.63) is 35.4 Å². The van der Waals surface area contributed by atoms with E-state index in [0.29, 0.717) is 19.1 Å². The zero-order chi connectivity index (χ0) is 12.9. The molecule has 0 radical (unpaired) electrons. The predicted molar refractivity (Wildman–Crippen MR) is 71.4 cm³/mol. The number of methoxy groups -OCH3 is 1. The Morgan fingerprint density at radius 1 is 1.12 bits per heavy atom. The lowest BCUT2D eigenvalue weighted by Gasteiger charge is -2.29. The second-order valence-electron chi connectivity index (χ2n) is 5.09. The minimum atomic E-state index is -0.264. The molecule has 0 saturated heterocycles. The quantitative estimate of drug-likeness (QED) is 0.701. The Labute approximate surface area is 105 Å². The smallest absolute Gasteiger partial charge is 0.0879 e. The van der Waals surface area contributed by atoms with Crippen LogP contribution in [0.4, 0.5) is 0 Å². The van der Waals surface area contributed by atoms with Gasteiger partial charge in [0.15, 0.2) is 0 Å². The average Bonchev–Trinajstić information content (AvgIpc) is 2.29. The van der Waals surface area contributed by atoms with Gasteiger partial charge in [0.05, 0.1) is 18.8 Å². The Bertz CT molecular complexity index is 343. The molecule has 0 atom stereocenters. The first-order valence-corrected chi connectivity index (χ1v) is 6.21. The third-order valence-electron chi connectivity index (χ3n) is 2.98. The Morgan fingerprint density at radius 3 is 2.35 bits per heavy atom. The van der Waals surface area contributed by atoms with Gasteiger partial charge in [-0.1, -0.05) is 38.1 Å². The Balaban J connectivity index is 2.89. The first-order valence-electron chi connectivity index (χ1n) is 6.21. The summed E-state index contributed by atoms with van der Waals surface area (Å²) >= 11 is 0. The summed E-state index contributed by atoms with van der Waals surface area (Å²) in [5.74, 6) is 0.511. The summed E-state index contributed by atoms with van der Waals surface area (Å²) in [6, 6.07) is 8.50. The fraction of sp³-hybridized carbons (Fsp3) is 0.600. The molecule has 2 heteroatoms. The summed E-state index contributed by atoms with van der Waals surface area (Å²) in [6.07, 6.45) is 0. The molecule has 0 N–H and O–H groups in total. The molecule has 0 saturated carbocycles. The molecule has 0 heterocycles. The summed E-state index contributed by atoms with van der Waals surface area (Å²) in [5, 5.41) is 0. The maximum Gasteiger partial charge on any atom is 0.0879 e. The third-order valence-corrected chi connectivity index (χ3v) is 2.98. The topological polar surface area (TPSA) is 18.5 Å². The highest BCUT2D eigenvalue weighted by molar-refractivity contribution is 5.33. The van der Waals surface area contributed by atoms with Crippen molar-refractivity contribution in [2.24, 2.45) is 0 Å².